The van der Waals surface area contributed by atoms with Crippen LogP contribution in [0.15, 0.2) is 114 Å². The Bertz CT molecular complexity index is 1750. The lowest BCUT2D eigenvalue weighted by molar-refractivity contribution is -0.385. The zero-order valence-electron chi connectivity index (χ0n) is 23.5. The summed E-state index contributed by atoms with van der Waals surface area (Å²) in [6.07, 6.45) is -3.43. The summed E-state index contributed by atoms with van der Waals surface area (Å²) in [5.74, 6) is -1.99. The van der Waals surface area contributed by atoms with Crippen molar-refractivity contribution < 1.29 is 32.5 Å². The van der Waals surface area contributed by atoms with E-state index in [1.807, 2.05) is 0 Å². The van der Waals surface area contributed by atoms with Gasteiger partial charge in [-0.25, -0.2) is 0 Å². The van der Waals surface area contributed by atoms with Crippen molar-refractivity contribution in [2.75, 3.05) is 10.6 Å². The van der Waals surface area contributed by atoms with E-state index in [1.165, 1.54) is 54.6 Å². The molecule has 0 fully saturated rings. The average Bonchev–Trinajstić information content (AvgIpc) is 3.02. The van der Waals surface area contributed by atoms with Gasteiger partial charge in [-0.15, -0.1) is 11.8 Å². The van der Waals surface area contributed by atoms with Gasteiger partial charge in [0.15, 0.2) is 0 Å². The van der Waals surface area contributed by atoms with E-state index in [0.29, 0.717) is 10.6 Å². The standard InChI is InChI=1S/C32H25F3N4O5S/c1-20(29(40)37-26-13-7-6-12-25(26)32(33,34)35)45-24-17-15-23(16-18-24)36-31(42)27(38-30(41)21-9-3-2-4-10-21)19-22-11-5-8-14-28(22)39(43)44/h2-20H,1H3,(H,36,42)(H,37,40)(H,38,41)/b27-19-. The number of benzene rings is 4. The maximum atomic E-state index is 13.3. The third-order valence-electron chi connectivity index (χ3n) is 6.25. The van der Waals surface area contributed by atoms with Crippen LogP contribution in [0.25, 0.3) is 6.08 Å². The molecule has 4 rings (SSSR count). The minimum Gasteiger partial charge on any atom is -0.325 e. The van der Waals surface area contributed by atoms with Gasteiger partial charge in [-0.2, -0.15) is 13.2 Å². The molecule has 1 unspecified atom stereocenters. The van der Waals surface area contributed by atoms with Crippen molar-refractivity contribution in [1.29, 1.82) is 0 Å². The Morgan fingerprint density at radius 1 is 0.844 bits per heavy atom. The molecule has 230 valence electrons. The second kappa shape index (κ2) is 14.4. The molecule has 13 heteroatoms. The van der Waals surface area contributed by atoms with Crippen LogP contribution in [0.5, 0.6) is 0 Å². The Labute approximate surface area is 259 Å². The van der Waals surface area contributed by atoms with Crippen LogP contribution in [0.2, 0.25) is 0 Å². The number of carbonyl (C=O) groups is 3. The molecule has 3 N–H and O–H groups in total. The van der Waals surface area contributed by atoms with Crippen LogP contribution in [0.4, 0.5) is 30.2 Å². The number of thioether (sulfide) groups is 1. The summed E-state index contributed by atoms with van der Waals surface area (Å²) in [5, 5.41) is 18.2. The van der Waals surface area contributed by atoms with Gasteiger partial charge in [-0.3, -0.25) is 24.5 Å². The summed E-state index contributed by atoms with van der Waals surface area (Å²) in [5.41, 5.74) is -1.14. The minimum atomic E-state index is -4.63. The Morgan fingerprint density at radius 3 is 2.13 bits per heavy atom. The van der Waals surface area contributed by atoms with Gasteiger partial charge < -0.3 is 16.0 Å². The summed E-state index contributed by atoms with van der Waals surface area (Å²) in [7, 11) is 0. The monoisotopic (exact) mass is 634 g/mol. The molecule has 9 nitrogen and oxygen atoms in total. The third kappa shape index (κ3) is 8.80. The number of amides is 3. The maximum absolute atomic E-state index is 13.3. The fourth-order valence-corrected chi connectivity index (χ4v) is 4.89. The van der Waals surface area contributed by atoms with Crippen molar-refractivity contribution in [3.63, 3.8) is 0 Å². The fraction of sp³-hybridized carbons (Fsp3) is 0.0938. The van der Waals surface area contributed by atoms with Crippen molar-refractivity contribution in [2.24, 2.45) is 0 Å². The molecular weight excluding hydrogens is 609 g/mol. The van der Waals surface area contributed by atoms with Crippen LogP contribution in [-0.2, 0) is 15.8 Å². The van der Waals surface area contributed by atoms with Crippen molar-refractivity contribution in [3.8, 4) is 0 Å². The molecule has 0 saturated carbocycles. The third-order valence-corrected chi connectivity index (χ3v) is 7.36. The number of rotatable bonds is 10. The van der Waals surface area contributed by atoms with Gasteiger partial charge in [-0.05, 0) is 67.6 Å². The second-order valence-electron chi connectivity index (χ2n) is 9.47. The highest BCUT2D eigenvalue weighted by molar-refractivity contribution is 8.00. The average molecular weight is 635 g/mol. The minimum absolute atomic E-state index is 0.0953. The van der Waals surface area contributed by atoms with E-state index < -0.39 is 39.6 Å². The SMILES string of the molecule is CC(Sc1ccc(NC(=O)/C(=C/c2ccccc2[N+](=O)[O-])NC(=O)c2ccccc2)cc1)C(=O)Nc1ccccc1C(F)(F)F. The quantitative estimate of drug-likeness (QED) is 0.0736. The van der Waals surface area contributed by atoms with Crippen LogP contribution in [-0.4, -0.2) is 27.9 Å². The molecule has 0 heterocycles. The van der Waals surface area contributed by atoms with Gasteiger partial charge in [0.25, 0.3) is 17.5 Å². The van der Waals surface area contributed by atoms with E-state index >= 15 is 0 Å². The predicted octanol–water partition coefficient (Wildman–Crippen LogP) is 7.14. The number of carbonyl (C=O) groups excluding carboxylic acids is 3. The van der Waals surface area contributed by atoms with Gasteiger partial charge in [-0.1, -0.05) is 42.5 Å². The van der Waals surface area contributed by atoms with Crippen LogP contribution < -0.4 is 16.0 Å². The molecule has 0 spiro atoms. The van der Waals surface area contributed by atoms with Crippen molar-refractivity contribution in [1.82, 2.24) is 5.32 Å². The van der Waals surface area contributed by atoms with Gasteiger partial charge in [0.2, 0.25) is 5.91 Å². The summed E-state index contributed by atoms with van der Waals surface area (Å²) in [6, 6.07) is 24.8. The van der Waals surface area contributed by atoms with Crippen molar-refractivity contribution in [2.45, 2.75) is 23.2 Å². The lowest BCUT2D eigenvalue weighted by atomic mass is 10.1. The van der Waals surface area contributed by atoms with Gasteiger partial charge in [0.05, 0.1) is 27.0 Å². The molecule has 0 saturated heterocycles. The maximum Gasteiger partial charge on any atom is 0.418 e. The number of nitro benzene ring substituents is 1. The highest BCUT2D eigenvalue weighted by atomic mass is 32.2. The molecule has 0 radical (unpaired) electrons. The van der Waals surface area contributed by atoms with Gasteiger partial charge >= 0.3 is 6.18 Å². The first kappa shape index (κ1) is 32.5. The molecule has 0 bridgehead atoms. The van der Waals surface area contributed by atoms with E-state index in [0.717, 1.165) is 17.8 Å². The fourth-order valence-electron chi connectivity index (χ4n) is 4.02. The zero-order chi connectivity index (χ0) is 32.6. The number of hydrogen-bond donors (Lipinski definition) is 3. The number of nitro groups is 1. The second-order valence-corrected chi connectivity index (χ2v) is 10.9. The molecule has 0 aliphatic carbocycles. The predicted molar refractivity (Wildman–Crippen MR) is 165 cm³/mol. The Kier molecular flexibility index (Phi) is 10.4. The Balaban J connectivity index is 1.48. The number of nitrogens with zero attached hydrogens (tertiary/aromatic N) is 1. The van der Waals surface area contributed by atoms with E-state index in [4.69, 9.17) is 0 Å². The zero-order valence-corrected chi connectivity index (χ0v) is 24.3. The lowest BCUT2D eigenvalue weighted by Gasteiger charge is -2.16. The molecule has 45 heavy (non-hydrogen) atoms. The van der Waals surface area contributed by atoms with Crippen molar-refractivity contribution in [3.05, 3.63) is 136 Å². The normalized spacial score (nSPS) is 12.1. The largest absolute Gasteiger partial charge is 0.418 e. The Hall–Kier alpha value is -5.43. The number of para-hydroxylation sites is 2. The molecule has 0 aromatic heterocycles. The first-order chi connectivity index (χ1) is 21.4. The topological polar surface area (TPSA) is 130 Å². The Morgan fingerprint density at radius 2 is 1.47 bits per heavy atom. The van der Waals surface area contributed by atoms with Crippen LogP contribution >= 0.6 is 11.8 Å². The molecule has 4 aromatic rings. The summed E-state index contributed by atoms with van der Waals surface area (Å²) >= 11 is 1.09. The summed E-state index contributed by atoms with van der Waals surface area (Å²) in [4.78, 5) is 50.3. The molecule has 4 aromatic carbocycles. The number of hydrogen-bond acceptors (Lipinski definition) is 6. The molecule has 3 amide bonds. The number of nitrogens with one attached hydrogen (secondary N) is 3. The van der Waals surface area contributed by atoms with Crippen molar-refractivity contribution >= 4 is 52.6 Å². The molecule has 1 atom stereocenters. The smallest absolute Gasteiger partial charge is 0.325 e. The van der Waals surface area contributed by atoms with E-state index in [2.05, 4.69) is 16.0 Å². The van der Waals surface area contributed by atoms with E-state index in [-0.39, 0.29) is 28.2 Å². The summed E-state index contributed by atoms with van der Waals surface area (Å²) < 4.78 is 39.9. The van der Waals surface area contributed by atoms with Crippen LogP contribution in [0, 0.1) is 10.1 Å². The van der Waals surface area contributed by atoms with Crippen LogP contribution in [0.1, 0.15) is 28.4 Å². The molecule has 0 aliphatic heterocycles. The van der Waals surface area contributed by atoms with Gasteiger partial charge in [0, 0.05) is 22.2 Å². The number of alkyl halides is 3. The van der Waals surface area contributed by atoms with Gasteiger partial charge in [0.1, 0.15) is 5.70 Å². The summed E-state index contributed by atoms with van der Waals surface area (Å²) in [6.45, 7) is 1.54. The molecule has 0 aliphatic rings. The van der Waals surface area contributed by atoms with E-state index in [9.17, 15) is 37.7 Å². The highest BCUT2D eigenvalue weighted by Crippen LogP contribution is 2.35. The lowest BCUT2D eigenvalue weighted by Crippen LogP contribution is -2.30. The van der Waals surface area contributed by atoms with E-state index in [1.54, 1.807) is 55.5 Å². The first-order valence-corrected chi connectivity index (χ1v) is 14.2. The number of halogens is 3. The highest BCUT2D eigenvalue weighted by Gasteiger charge is 2.34. The van der Waals surface area contributed by atoms with Crippen LogP contribution in [0.3, 0.4) is 0 Å². The first-order valence-electron chi connectivity index (χ1n) is 13.3. The molecular formula is C32H25F3N4O5S. The number of anilines is 2.